The predicted octanol–water partition coefficient (Wildman–Crippen LogP) is 3.00. The Morgan fingerprint density at radius 3 is 2.95 bits per heavy atom. The molecule has 0 aliphatic heterocycles. The molecule has 0 aliphatic carbocycles. The van der Waals surface area contributed by atoms with Gasteiger partial charge in [0.2, 0.25) is 0 Å². The van der Waals surface area contributed by atoms with Crippen LogP contribution in [0.4, 0.5) is 4.39 Å². The van der Waals surface area contributed by atoms with E-state index in [1.54, 1.807) is 12.4 Å². The second-order valence-corrected chi connectivity index (χ2v) is 5.07. The number of halogens is 2. The molecule has 5 heteroatoms. The lowest BCUT2D eigenvalue weighted by molar-refractivity contribution is 0.623. The molecule has 19 heavy (non-hydrogen) atoms. The fraction of sp³-hybridized carbons (Fsp3) is 0.357. The Hall–Kier alpha value is -1.39. The van der Waals surface area contributed by atoms with Crippen LogP contribution >= 0.6 is 11.6 Å². The van der Waals surface area contributed by atoms with E-state index in [0.29, 0.717) is 6.54 Å². The van der Waals surface area contributed by atoms with Gasteiger partial charge in [-0.05, 0) is 24.1 Å². The minimum Gasteiger partial charge on any atom is -0.333 e. The van der Waals surface area contributed by atoms with E-state index in [0.717, 1.165) is 24.1 Å². The van der Waals surface area contributed by atoms with E-state index in [-0.39, 0.29) is 11.1 Å². The van der Waals surface area contributed by atoms with E-state index in [1.807, 2.05) is 16.8 Å². The number of hydrogen-bond donors (Lipinski definition) is 1. The molecular weight excluding hydrogens is 265 g/mol. The summed E-state index contributed by atoms with van der Waals surface area (Å²) in [7, 11) is 0. The molecule has 0 radical (unpaired) electrons. The molecule has 0 amide bonds. The third kappa shape index (κ3) is 3.78. The summed E-state index contributed by atoms with van der Waals surface area (Å²) in [5, 5.41) is 0.143. The number of nitrogens with two attached hydrogens (primary N) is 1. The molecule has 0 fully saturated rings. The first-order valence-electron chi connectivity index (χ1n) is 6.28. The van der Waals surface area contributed by atoms with Gasteiger partial charge in [-0.25, -0.2) is 9.37 Å². The molecule has 102 valence electrons. The highest BCUT2D eigenvalue weighted by molar-refractivity contribution is 6.30. The van der Waals surface area contributed by atoms with Crippen molar-refractivity contribution in [3.63, 3.8) is 0 Å². The van der Waals surface area contributed by atoms with Gasteiger partial charge in [0.15, 0.2) is 0 Å². The van der Waals surface area contributed by atoms with E-state index in [9.17, 15) is 4.39 Å². The standard InChI is InChI=1S/C14H17ClFN3/c1-2-11(17)6-12-8-19(9-18-12)7-10-3-4-13(15)14(16)5-10/h3-5,8-9,11H,2,6-7,17H2,1H3. The number of nitrogens with zero attached hydrogens (tertiary/aromatic N) is 2. The van der Waals surface area contributed by atoms with Crippen LogP contribution in [0.15, 0.2) is 30.7 Å². The number of hydrogen-bond acceptors (Lipinski definition) is 2. The monoisotopic (exact) mass is 281 g/mol. The maximum Gasteiger partial charge on any atom is 0.142 e. The van der Waals surface area contributed by atoms with E-state index < -0.39 is 5.82 Å². The summed E-state index contributed by atoms with van der Waals surface area (Å²) >= 11 is 5.65. The highest BCUT2D eigenvalue weighted by Gasteiger charge is 2.06. The molecule has 2 N–H and O–H groups in total. The first kappa shape index (κ1) is 14.0. The highest BCUT2D eigenvalue weighted by Crippen LogP contribution is 2.16. The third-order valence-electron chi connectivity index (χ3n) is 3.03. The molecular formula is C14H17ClFN3. The zero-order valence-corrected chi connectivity index (χ0v) is 11.6. The molecule has 3 nitrogen and oxygen atoms in total. The van der Waals surface area contributed by atoms with Crippen LogP contribution in [0.25, 0.3) is 0 Å². The molecule has 0 saturated carbocycles. The Morgan fingerprint density at radius 2 is 2.26 bits per heavy atom. The molecule has 2 rings (SSSR count). The summed E-state index contributed by atoms with van der Waals surface area (Å²) in [5.74, 6) is -0.396. The lowest BCUT2D eigenvalue weighted by Crippen LogP contribution is -2.21. The van der Waals surface area contributed by atoms with Crippen LogP contribution in [-0.4, -0.2) is 15.6 Å². The van der Waals surface area contributed by atoms with Crippen molar-refractivity contribution in [3.05, 3.63) is 52.8 Å². The van der Waals surface area contributed by atoms with Crippen molar-refractivity contribution in [2.75, 3.05) is 0 Å². The van der Waals surface area contributed by atoms with Gasteiger partial charge < -0.3 is 10.3 Å². The largest absolute Gasteiger partial charge is 0.333 e. The van der Waals surface area contributed by atoms with Crippen LogP contribution in [-0.2, 0) is 13.0 Å². The summed E-state index contributed by atoms with van der Waals surface area (Å²) in [6.07, 6.45) is 5.37. The summed E-state index contributed by atoms with van der Waals surface area (Å²) in [6, 6.07) is 4.95. The average molecular weight is 282 g/mol. The third-order valence-corrected chi connectivity index (χ3v) is 3.34. The second kappa shape index (κ2) is 6.17. The molecule has 1 atom stereocenters. The van der Waals surface area contributed by atoms with E-state index >= 15 is 0 Å². The van der Waals surface area contributed by atoms with Gasteiger partial charge >= 0.3 is 0 Å². The van der Waals surface area contributed by atoms with Crippen LogP contribution in [0.5, 0.6) is 0 Å². The maximum atomic E-state index is 13.3. The van der Waals surface area contributed by atoms with Crippen LogP contribution < -0.4 is 5.73 Å². The van der Waals surface area contributed by atoms with Gasteiger partial charge in [0.1, 0.15) is 5.82 Å². The van der Waals surface area contributed by atoms with Gasteiger partial charge in [0, 0.05) is 25.2 Å². The normalized spacial score (nSPS) is 12.6. The van der Waals surface area contributed by atoms with E-state index in [2.05, 4.69) is 11.9 Å². The summed E-state index contributed by atoms with van der Waals surface area (Å²) in [6.45, 7) is 2.63. The van der Waals surface area contributed by atoms with Crippen molar-refractivity contribution in [1.29, 1.82) is 0 Å². The molecule has 0 aliphatic rings. The Morgan fingerprint density at radius 1 is 1.47 bits per heavy atom. The van der Waals surface area contributed by atoms with Crippen molar-refractivity contribution < 1.29 is 4.39 Å². The fourth-order valence-corrected chi connectivity index (χ4v) is 1.98. The van der Waals surface area contributed by atoms with Gasteiger partial charge in [-0.1, -0.05) is 24.6 Å². The first-order valence-corrected chi connectivity index (χ1v) is 6.66. The molecule has 0 bridgehead atoms. The summed E-state index contributed by atoms with van der Waals surface area (Å²) < 4.78 is 15.2. The minimum atomic E-state index is -0.396. The van der Waals surface area contributed by atoms with Crippen molar-refractivity contribution in [2.45, 2.75) is 32.4 Å². The molecule has 1 unspecified atom stereocenters. The van der Waals surface area contributed by atoms with Crippen LogP contribution in [0, 0.1) is 5.82 Å². The van der Waals surface area contributed by atoms with Gasteiger partial charge in [-0.15, -0.1) is 0 Å². The first-order chi connectivity index (χ1) is 9.08. The van der Waals surface area contributed by atoms with Crippen molar-refractivity contribution >= 4 is 11.6 Å². The smallest absolute Gasteiger partial charge is 0.142 e. The lowest BCUT2D eigenvalue weighted by atomic mass is 10.1. The zero-order valence-electron chi connectivity index (χ0n) is 10.8. The maximum absolute atomic E-state index is 13.3. The second-order valence-electron chi connectivity index (χ2n) is 4.66. The quantitative estimate of drug-likeness (QED) is 0.915. The number of aromatic nitrogens is 2. The van der Waals surface area contributed by atoms with E-state index in [4.69, 9.17) is 17.3 Å². The van der Waals surface area contributed by atoms with Gasteiger partial charge in [0.05, 0.1) is 17.0 Å². The topological polar surface area (TPSA) is 43.8 Å². The van der Waals surface area contributed by atoms with Crippen LogP contribution in [0.2, 0.25) is 5.02 Å². The highest BCUT2D eigenvalue weighted by atomic mass is 35.5. The Balaban J connectivity index is 2.05. The van der Waals surface area contributed by atoms with Gasteiger partial charge in [-0.3, -0.25) is 0 Å². The van der Waals surface area contributed by atoms with Crippen molar-refractivity contribution in [3.8, 4) is 0 Å². The summed E-state index contributed by atoms with van der Waals surface area (Å²) in [4.78, 5) is 4.30. The number of rotatable bonds is 5. The Labute approximate surface area is 117 Å². The summed E-state index contributed by atoms with van der Waals surface area (Å²) in [5.41, 5.74) is 7.70. The molecule has 2 aromatic rings. The van der Waals surface area contributed by atoms with E-state index in [1.165, 1.54) is 6.07 Å². The van der Waals surface area contributed by atoms with Gasteiger partial charge in [-0.2, -0.15) is 0 Å². The average Bonchev–Trinajstić information content (AvgIpc) is 2.81. The predicted molar refractivity (Wildman–Crippen MR) is 74.7 cm³/mol. The van der Waals surface area contributed by atoms with Crippen LogP contribution in [0.3, 0.4) is 0 Å². The molecule has 0 saturated heterocycles. The van der Waals surface area contributed by atoms with Crippen molar-refractivity contribution in [1.82, 2.24) is 9.55 Å². The number of imidazole rings is 1. The molecule has 1 aromatic heterocycles. The Kier molecular flexibility index (Phi) is 4.56. The SMILES string of the molecule is CCC(N)Cc1cn(Cc2ccc(Cl)c(F)c2)cn1. The van der Waals surface area contributed by atoms with Crippen LogP contribution in [0.1, 0.15) is 24.6 Å². The molecule has 0 spiro atoms. The number of benzene rings is 1. The lowest BCUT2D eigenvalue weighted by Gasteiger charge is -2.05. The molecule has 1 heterocycles. The Bertz CT molecular complexity index is 553. The van der Waals surface area contributed by atoms with Gasteiger partial charge in [0.25, 0.3) is 0 Å². The van der Waals surface area contributed by atoms with Crippen molar-refractivity contribution in [2.24, 2.45) is 5.73 Å². The minimum absolute atomic E-state index is 0.135. The molecule has 1 aromatic carbocycles. The zero-order chi connectivity index (χ0) is 13.8. The fourth-order valence-electron chi connectivity index (χ4n) is 1.86.